The van der Waals surface area contributed by atoms with E-state index in [1.807, 2.05) is 0 Å². The number of rotatable bonds is 12. The van der Waals surface area contributed by atoms with E-state index in [0.29, 0.717) is 38.3 Å². The van der Waals surface area contributed by atoms with Crippen LogP contribution in [0.5, 0.6) is 17.2 Å². The number of phenolic OH excluding ortho intramolecular Hbond substituents is 2. The molecule has 0 bridgehead atoms. The molecule has 4 aliphatic heterocycles. The summed E-state index contributed by atoms with van der Waals surface area (Å²) in [5, 5.41) is 29.8. The third kappa shape index (κ3) is 8.85. The Morgan fingerprint density at radius 2 is 1.23 bits per heavy atom. The normalized spacial score (nSPS) is 19.2. The lowest BCUT2D eigenvalue weighted by molar-refractivity contribution is -0.153. The van der Waals surface area contributed by atoms with Gasteiger partial charge in [-0.2, -0.15) is 13.2 Å². The second-order valence-electron chi connectivity index (χ2n) is 16.8. The number of amides is 2. The van der Waals surface area contributed by atoms with E-state index in [1.165, 1.54) is 12.1 Å². The fourth-order valence-corrected chi connectivity index (χ4v) is 9.25. The molecule has 0 aliphatic carbocycles. The number of piperazine rings is 2. The van der Waals surface area contributed by atoms with Gasteiger partial charge < -0.3 is 45.1 Å². The minimum Gasteiger partial charge on any atom is -0.505 e. The van der Waals surface area contributed by atoms with E-state index in [9.17, 15) is 52.2 Å². The highest BCUT2D eigenvalue weighted by Crippen LogP contribution is 2.37. The van der Waals surface area contributed by atoms with Gasteiger partial charge in [-0.25, -0.2) is 0 Å². The van der Waals surface area contributed by atoms with Gasteiger partial charge in [-0.3, -0.25) is 38.6 Å². The molecule has 2 amide bonds. The maximum atomic E-state index is 13.2. The molecule has 0 spiro atoms. The number of phenols is 2. The Kier molecular flexibility index (Phi) is 13.0. The first kappa shape index (κ1) is 45.9. The number of nitrogens with one attached hydrogen (secondary N) is 3. The first-order valence-corrected chi connectivity index (χ1v) is 22.1. The van der Waals surface area contributed by atoms with Crippen LogP contribution in [0.1, 0.15) is 84.2 Å². The molecule has 9 rings (SSSR count). The summed E-state index contributed by atoms with van der Waals surface area (Å²) in [4.78, 5) is 82.5. The van der Waals surface area contributed by atoms with Crippen LogP contribution in [0.15, 0.2) is 72.1 Å². The molecule has 350 valence electrons. The van der Waals surface area contributed by atoms with Crippen LogP contribution in [0.3, 0.4) is 0 Å². The van der Waals surface area contributed by atoms with Crippen LogP contribution < -0.4 is 42.4 Å². The average Bonchev–Trinajstić information content (AvgIpc) is 4.12. The number of aromatic hydroxyl groups is 2. The van der Waals surface area contributed by atoms with E-state index in [0.717, 1.165) is 64.0 Å². The summed E-state index contributed by atoms with van der Waals surface area (Å²) < 4.78 is 48.9. The van der Waals surface area contributed by atoms with E-state index >= 15 is 0 Å². The highest BCUT2D eigenvalue weighted by Gasteiger charge is 2.38. The van der Waals surface area contributed by atoms with Gasteiger partial charge in [-0.15, -0.1) is 0 Å². The Hall–Kier alpha value is -6.67. The van der Waals surface area contributed by atoms with E-state index < -0.39 is 39.7 Å². The van der Waals surface area contributed by atoms with Gasteiger partial charge in [0.25, 0.3) is 33.5 Å². The smallest absolute Gasteiger partial charge is 0.449 e. The Morgan fingerprint density at radius 1 is 0.712 bits per heavy atom. The zero-order valence-electron chi connectivity index (χ0n) is 36.3. The number of para-hydroxylation sites is 2. The van der Waals surface area contributed by atoms with Crippen molar-refractivity contribution in [1.82, 2.24) is 19.6 Å². The van der Waals surface area contributed by atoms with Gasteiger partial charge in [-0.1, -0.05) is 19.1 Å². The Labute approximate surface area is 375 Å². The summed E-state index contributed by atoms with van der Waals surface area (Å²) in [7, 11) is 0. The number of halogens is 3. The minimum atomic E-state index is -4.66. The molecule has 4 aliphatic rings. The fourth-order valence-electron chi connectivity index (χ4n) is 9.25. The topological polar surface area (TPSA) is 214 Å². The summed E-state index contributed by atoms with van der Waals surface area (Å²) in [6.45, 7) is 9.75. The van der Waals surface area contributed by atoms with E-state index in [1.54, 1.807) is 47.9 Å². The zero-order chi connectivity index (χ0) is 47.0. The van der Waals surface area contributed by atoms with Gasteiger partial charge >= 0.3 is 6.18 Å². The molecule has 3 atom stereocenters. The largest absolute Gasteiger partial charge is 0.505 e. The molecule has 4 saturated heterocycles. The van der Waals surface area contributed by atoms with Crippen molar-refractivity contribution in [2.24, 2.45) is 0 Å². The summed E-state index contributed by atoms with van der Waals surface area (Å²) in [6, 6.07) is 11.1. The first-order valence-electron chi connectivity index (χ1n) is 22.1. The van der Waals surface area contributed by atoms with Crippen LogP contribution in [0, 0.1) is 0 Å². The summed E-state index contributed by atoms with van der Waals surface area (Å²) in [5.41, 5.74) is -2.90. The average molecular weight is 918 g/mol. The maximum Gasteiger partial charge on any atom is 0.449 e. The molecule has 4 fully saturated rings. The second-order valence-corrected chi connectivity index (χ2v) is 16.8. The highest BCUT2D eigenvalue weighted by atomic mass is 19.4. The summed E-state index contributed by atoms with van der Waals surface area (Å²) >= 11 is 0. The number of carbonyl (C=O) groups is 2. The molecule has 0 unspecified atom stereocenters. The van der Waals surface area contributed by atoms with Crippen molar-refractivity contribution in [3.05, 3.63) is 112 Å². The zero-order valence-corrected chi connectivity index (χ0v) is 36.3. The quantitative estimate of drug-likeness (QED) is 0.0834. The van der Waals surface area contributed by atoms with Crippen molar-refractivity contribution in [1.29, 1.82) is 0 Å². The second kappa shape index (κ2) is 18.7. The van der Waals surface area contributed by atoms with Gasteiger partial charge in [0.1, 0.15) is 22.8 Å². The van der Waals surface area contributed by atoms with Crippen molar-refractivity contribution < 1.29 is 42.1 Å². The van der Waals surface area contributed by atoms with Gasteiger partial charge in [-0.05, 0) is 88.5 Å². The number of fused-ring (bicyclic) bond motifs is 2. The third-order valence-electron chi connectivity index (χ3n) is 12.8. The monoisotopic (exact) mass is 917 g/mol. The predicted octanol–water partition coefficient (Wildman–Crippen LogP) is 4.88. The van der Waals surface area contributed by atoms with Crippen LogP contribution in [0.2, 0.25) is 0 Å². The minimum absolute atomic E-state index is 0.00585. The summed E-state index contributed by atoms with van der Waals surface area (Å²) in [6.07, 6.45) is -0.0468. The van der Waals surface area contributed by atoms with Gasteiger partial charge in [0.15, 0.2) is 17.2 Å². The lowest BCUT2D eigenvalue weighted by atomic mass is 10.1. The number of ether oxygens (including phenoxy) is 1. The van der Waals surface area contributed by atoms with Crippen LogP contribution in [0.4, 0.5) is 41.6 Å². The number of furan rings is 1. The third-order valence-corrected chi connectivity index (χ3v) is 12.8. The predicted molar refractivity (Wildman–Crippen MR) is 238 cm³/mol. The van der Waals surface area contributed by atoms with Crippen LogP contribution in [-0.4, -0.2) is 113 Å². The van der Waals surface area contributed by atoms with Crippen LogP contribution in [0.25, 0.3) is 0 Å². The van der Waals surface area contributed by atoms with Gasteiger partial charge in [0.05, 0.1) is 35.2 Å². The molecule has 17 nitrogen and oxygen atoms in total. The molecule has 5 heterocycles. The molecular formula is C46H50F3N7O10. The van der Waals surface area contributed by atoms with Crippen LogP contribution >= 0.6 is 0 Å². The highest BCUT2D eigenvalue weighted by molar-refractivity contribution is 6.00. The molecular weight excluding hydrogens is 868 g/mol. The number of anilines is 5. The molecule has 0 saturated carbocycles. The van der Waals surface area contributed by atoms with Crippen molar-refractivity contribution in [2.45, 2.75) is 70.3 Å². The maximum absolute atomic E-state index is 13.2. The summed E-state index contributed by atoms with van der Waals surface area (Å²) in [5.74, 6) is -2.42. The number of alkyl halides is 3. The number of hydrogen-bond acceptors (Lipinski definition) is 15. The first-order chi connectivity index (χ1) is 31.6. The molecule has 0 radical (unpaired) electrons. The molecule has 5 aromatic rings. The molecule has 5 N–H and O–H groups in total. The number of nitrogens with zero attached hydrogens (tertiary/aromatic N) is 4. The molecule has 66 heavy (non-hydrogen) atoms. The standard InChI is InChI=1S/C26H27F3N4O5.C20H23N3O5/c1-2-16(18-8-9-19(38-18)26(27,28)29)30-20-21(24(36)23(20)35)31-17-7-3-6-15(22(17)34)25(37)33-12-11-32-10-4-5-14(32)13-33;1-2-28-19-15(17(25)18(19)26)21-14-7-3-6-13(16(14)24)20(27)23-10-9-22-8-4-5-12(22)11-23/h3,6-9,14,16,30-31,34H,2,4-5,10-13H2,1H3;3,6-7,12,21,24H,2,4-5,8-11H2,1H3/t14-,16+;12-/m00/s1. The lowest BCUT2D eigenvalue weighted by Gasteiger charge is -2.37. The van der Waals surface area contributed by atoms with Crippen LogP contribution in [-0.2, 0) is 6.18 Å². The fraction of sp³-hybridized carbons (Fsp3) is 0.435. The number of hydrogen-bond donors (Lipinski definition) is 5. The number of benzene rings is 2. The Bertz CT molecular complexity index is 2770. The SMILES string of the molecule is CCOc1c(Nc2cccc(C(=O)N3CCN4CCC[C@H]4C3)c2O)c(=O)c1=O.CC[C@@H](Nc1c(Nc2cccc(C(=O)N3CCN4CCC[C@H]4C3)c2O)c(=O)c1=O)c1ccc(C(F)(F)F)o1. The van der Waals surface area contributed by atoms with Crippen molar-refractivity contribution in [3.8, 4) is 17.2 Å². The van der Waals surface area contributed by atoms with E-state index in [4.69, 9.17) is 9.15 Å². The number of carbonyl (C=O) groups excluding carboxylic acids is 2. The Morgan fingerprint density at radius 3 is 1.73 bits per heavy atom. The molecule has 20 heteroatoms. The molecule has 4 aromatic carbocycles. The van der Waals surface area contributed by atoms with Crippen molar-refractivity contribution >= 4 is 40.3 Å². The Balaban J connectivity index is 0.000000188. The van der Waals surface area contributed by atoms with Gasteiger partial charge in [0, 0.05) is 51.4 Å². The lowest BCUT2D eigenvalue weighted by Crippen LogP contribution is -2.52. The van der Waals surface area contributed by atoms with Crippen molar-refractivity contribution in [2.75, 3.05) is 74.9 Å². The van der Waals surface area contributed by atoms with Gasteiger partial charge in [0.2, 0.25) is 5.76 Å². The van der Waals surface area contributed by atoms with Crippen molar-refractivity contribution in [3.63, 3.8) is 0 Å². The molecule has 1 aromatic heterocycles. The van der Waals surface area contributed by atoms with E-state index in [2.05, 4.69) is 25.8 Å². The van der Waals surface area contributed by atoms with E-state index in [-0.39, 0.29) is 87.4 Å².